The van der Waals surface area contributed by atoms with Crippen LogP contribution in [0.4, 0.5) is 5.69 Å². The Morgan fingerprint density at radius 1 is 1.39 bits per heavy atom. The van der Waals surface area contributed by atoms with E-state index in [2.05, 4.69) is 14.6 Å². The highest BCUT2D eigenvalue weighted by Crippen LogP contribution is 2.36. The summed E-state index contributed by atoms with van der Waals surface area (Å²) >= 11 is 1.43. The van der Waals surface area contributed by atoms with Gasteiger partial charge < -0.3 is 19.5 Å². The van der Waals surface area contributed by atoms with Crippen molar-refractivity contribution in [3.63, 3.8) is 0 Å². The van der Waals surface area contributed by atoms with Gasteiger partial charge in [0.2, 0.25) is 15.9 Å². The molecule has 0 spiro atoms. The lowest BCUT2D eigenvalue weighted by molar-refractivity contribution is 0.0530. The Hall–Kier alpha value is -2.63. The number of allylic oxidation sites excluding steroid dienone is 1. The number of morpholine rings is 1. The van der Waals surface area contributed by atoms with E-state index < -0.39 is 10.0 Å². The second kappa shape index (κ2) is 10.5. The highest BCUT2D eigenvalue weighted by Gasteiger charge is 2.22. The molecule has 11 heteroatoms. The topological polar surface area (TPSA) is 113 Å². The van der Waals surface area contributed by atoms with Crippen LogP contribution in [-0.4, -0.2) is 68.8 Å². The Morgan fingerprint density at radius 3 is 2.64 bits per heavy atom. The number of aryl methyl sites for hydroxylation is 1. The van der Waals surface area contributed by atoms with Crippen LogP contribution in [-0.2, 0) is 14.8 Å². The Bertz CT molecular complexity index is 1170. The molecule has 0 saturated carbocycles. The molecule has 0 atom stereocenters. The fourth-order valence-corrected chi connectivity index (χ4v) is 5.09. The van der Waals surface area contributed by atoms with E-state index in [1.54, 1.807) is 12.3 Å². The number of pyridine rings is 1. The second-order valence-electron chi connectivity index (χ2n) is 7.65. The first-order valence-corrected chi connectivity index (χ1v) is 13.3. The third kappa shape index (κ3) is 6.04. The molecule has 0 bridgehead atoms. The third-order valence-electron chi connectivity index (χ3n) is 5.06. The zero-order valence-electron chi connectivity index (χ0n) is 19.5. The van der Waals surface area contributed by atoms with Crippen molar-refractivity contribution in [1.82, 2.24) is 9.88 Å². The molecule has 1 fully saturated rings. The molecule has 0 unspecified atom stereocenters. The number of sulfonamides is 1. The summed E-state index contributed by atoms with van der Waals surface area (Å²) in [5, 5.41) is 10.5. The lowest BCUT2D eigenvalue weighted by Crippen LogP contribution is -2.35. The zero-order valence-corrected chi connectivity index (χ0v) is 21.1. The number of nitrogens with one attached hydrogen (secondary N) is 1. The van der Waals surface area contributed by atoms with Gasteiger partial charge in [-0.3, -0.25) is 4.72 Å². The standard InChI is InChI=1S/C22H30N4O5S2/c1-6-7-18(26-8-10-31-11-9-26)24-19(21-14(2)20(27)15(3)32-21)16-12-17(25-33(5,28)29)22(30-4)23-13-16/h7,12-13,25,27H,6,8-11H2,1-5H3/b18-7-,24-19?. The number of hydrogen-bond donors (Lipinski definition) is 2. The molecular formula is C22H30N4O5S2. The maximum atomic E-state index is 11.9. The second-order valence-corrected chi connectivity index (χ2v) is 10.6. The largest absolute Gasteiger partial charge is 0.507 e. The minimum Gasteiger partial charge on any atom is -0.507 e. The predicted octanol–water partition coefficient (Wildman–Crippen LogP) is 3.27. The van der Waals surface area contributed by atoms with Gasteiger partial charge in [-0.1, -0.05) is 6.92 Å². The monoisotopic (exact) mass is 494 g/mol. The van der Waals surface area contributed by atoms with Crippen molar-refractivity contribution < 1.29 is 23.0 Å². The molecular weight excluding hydrogens is 464 g/mol. The fraction of sp³-hybridized carbons (Fsp3) is 0.455. The number of rotatable bonds is 8. The van der Waals surface area contributed by atoms with Gasteiger partial charge in [0, 0.05) is 35.3 Å². The minimum atomic E-state index is -3.56. The Kier molecular flexibility index (Phi) is 7.98. The number of nitrogens with zero attached hydrogens (tertiary/aromatic N) is 3. The maximum absolute atomic E-state index is 11.9. The van der Waals surface area contributed by atoms with Gasteiger partial charge in [-0.15, -0.1) is 11.3 Å². The van der Waals surface area contributed by atoms with Crippen LogP contribution in [0.15, 0.2) is 29.2 Å². The molecule has 2 aromatic rings. The molecule has 0 aliphatic carbocycles. The van der Waals surface area contributed by atoms with Crippen LogP contribution >= 0.6 is 11.3 Å². The first-order chi connectivity index (χ1) is 15.6. The van der Waals surface area contributed by atoms with Gasteiger partial charge in [0.1, 0.15) is 17.3 Å². The molecule has 180 valence electrons. The Labute approximate surface area is 198 Å². The van der Waals surface area contributed by atoms with Crippen molar-refractivity contribution >= 4 is 32.8 Å². The number of anilines is 1. The molecule has 0 radical (unpaired) electrons. The quantitative estimate of drug-likeness (QED) is 0.542. The SMILES string of the molecule is CC/C=C(/N=C(c1cnc(OC)c(NS(C)(=O)=O)c1)c1sc(C)c(O)c1C)N1CCOCC1. The highest BCUT2D eigenvalue weighted by molar-refractivity contribution is 7.92. The van der Waals surface area contributed by atoms with E-state index in [9.17, 15) is 13.5 Å². The summed E-state index contributed by atoms with van der Waals surface area (Å²) < 4.78 is 37.0. The third-order valence-corrected chi connectivity index (χ3v) is 6.85. The fourth-order valence-electron chi connectivity index (χ4n) is 3.47. The number of methoxy groups -OCH3 is 1. The van der Waals surface area contributed by atoms with Gasteiger partial charge >= 0.3 is 0 Å². The van der Waals surface area contributed by atoms with E-state index in [1.165, 1.54) is 18.4 Å². The van der Waals surface area contributed by atoms with Crippen LogP contribution < -0.4 is 9.46 Å². The summed E-state index contributed by atoms with van der Waals surface area (Å²) in [6.07, 6.45) is 5.51. The van der Waals surface area contributed by atoms with Gasteiger partial charge in [-0.2, -0.15) is 0 Å². The smallest absolute Gasteiger partial charge is 0.238 e. The van der Waals surface area contributed by atoms with Gasteiger partial charge in [0.15, 0.2) is 0 Å². The predicted molar refractivity (Wildman–Crippen MR) is 131 cm³/mol. The molecule has 0 aromatic carbocycles. The van der Waals surface area contributed by atoms with Gasteiger partial charge in [0.25, 0.3) is 0 Å². The van der Waals surface area contributed by atoms with Gasteiger partial charge in [-0.05, 0) is 32.4 Å². The van der Waals surface area contributed by atoms with Crippen molar-refractivity contribution in [1.29, 1.82) is 0 Å². The molecule has 33 heavy (non-hydrogen) atoms. The van der Waals surface area contributed by atoms with Crippen molar-refractivity contribution in [3.8, 4) is 11.6 Å². The van der Waals surface area contributed by atoms with E-state index in [0.717, 1.165) is 41.3 Å². The van der Waals surface area contributed by atoms with Gasteiger partial charge in [-0.25, -0.2) is 18.4 Å². The maximum Gasteiger partial charge on any atom is 0.238 e. The molecule has 9 nitrogen and oxygen atoms in total. The van der Waals surface area contributed by atoms with E-state index in [0.29, 0.717) is 30.1 Å². The molecule has 1 aliphatic heterocycles. The molecule has 3 rings (SSSR count). The summed E-state index contributed by atoms with van der Waals surface area (Å²) in [5.74, 6) is 1.18. The molecule has 1 aliphatic rings. The van der Waals surface area contributed by atoms with Crippen LogP contribution in [0.2, 0.25) is 0 Å². The zero-order chi connectivity index (χ0) is 24.2. The lowest BCUT2D eigenvalue weighted by atomic mass is 10.1. The highest BCUT2D eigenvalue weighted by atomic mass is 32.2. The minimum absolute atomic E-state index is 0.156. The lowest BCUT2D eigenvalue weighted by Gasteiger charge is -2.29. The van der Waals surface area contributed by atoms with Gasteiger partial charge in [0.05, 0.1) is 37.2 Å². The summed E-state index contributed by atoms with van der Waals surface area (Å²) in [6, 6.07) is 1.65. The van der Waals surface area contributed by atoms with Crippen LogP contribution in [0.1, 0.15) is 34.2 Å². The van der Waals surface area contributed by atoms with Crippen LogP contribution in [0, 0.1) is 13.8 Å². The Morgan fingerprint density at radius 2 is 2.09 bits per heavy atom. The normalized spacial score (nSPS) is 15.6. The van der Waals surface area contributed by atoms with E-state index >= 15 is 0 Å². The summed E-state index contributed by atoms with van der Waals surface area (Å²) in [6.45, 7) is 8.42. The molecule has 2 aromatic heterocycles. The van der Waals surface area contributed by atoms with E-state index in [-0.39, 0.29) is 17.3 Å². The molecule has 2 N–H and O–H groups in total. The van der Waals surface area contributed by atoms with Crippen molar-refractivity contribution in [2.45, 2.75) is 27.2 Å². The number of aromatic hydroxyl groups is 1. The number of ether oxygens (including phenoxy) is 2. The van der Waals surface area contributed by atoms with E-state index in [4.69, 9.17) is 14.5 Å². The van der Waals surface area contributed by atoms with Crippen LogP contribution in [0.3, 0.4) is 0 Å². The molecule has 3 heterocycles. The first-order valence-electron chi connectivity index (χ1n) is 10.6. The van der Waals surface area contributed by atoms with Crippen molar-refractivity contribution in [2.75, 3.05) is 44.4 Å². The number of aliphatic imine (C=N–C) groups is 1. The van der Waals surface area contributed by atoms with Crippen molar-refractivity contribution in [3.05, 3.63) is 45.0 Å². The number of thiophene rings is 1. The average Bonchev–Trinajstić information content (AvgIpc) is 3.03. The number of aromatic nitrogens is 1. The molecule has 1 saturated heterocycles. The summed E-state index contributed by atoms with van der Waals surface area (Å²) in [4.78, 5) is 13.1. The molecule has 0 amide bonds. The van der Waals surface area contributed by atoms with Crippen molar-refractivity contribution in [2.24, 2.45) is 4.99 Å². The van der Waals surface area contributed by atoms with Crippen LogP contribution in [0.25, 0.3) is 0 Å². The number of hydrogen-bond acceptors (Lipinski definition) is 9. The Balaban J connectivity index is 2.21. The van der Waals surface area contributed by atoms with E-state index in [1.807, 2.05) is 26.8 Å². The summed E-state index contributed by atoms with van der Waals surface area (Å²) in [5.41, 5.74) is 2.12. The average molecular weight is 495 g/mol. The van der Waals surface area contributed by atoms with Crippen LogP contribution in [0.5, 0.6) is 11.6 Å². The summed E-state index contributed by atoms with van der Waals surface area (Å²) in [7, 11) is -2.13. The first kappa shape index (κ1) is 25.0.